The van der Waals surface area contributed by atoms with Crippen molar-refractivity contribution in [3.05, 3.63) is 41.8 Å². The topological polar surface area (TPSA) is 70.4 Å². The zero-order chi connectivity index (χ0) is 22.6. The third kappa shape index (κ3) is 7.69. The molecule has 0 spiro atoms. The van der Waals surface area contributed by atoms with Gasteiger partial charge >= 0.3 is 11.9 Å². The summed E-state index contributed by atoms with van der Waals surface area (Å²) in [4.78, 5) is 24.2. The number of ether oxygens (including phenoxy) is 2. The number of unbranched alkanes of at least 4 members (excludes halogenated alkanes) is 1. The summed E-state index contributed by atoms with van der Waals surface area (Å²) in [6.07, 6.45) is 4.53. The van der Waals surface area contributed by atoms with E-state index < -0.39 is 11.8 Å². The van der Waals surface area contributed by atoms with E-state index in [0.29, 0.717) is 23.3 Å². The van der Waals surface area contributed by atoms with E-state index in [9.17, 15) is 14.0 Å². The van der Waals surface area contributed by atoms with E-state index in [2.05, 4.69) is 18.9 Å². The number of hydrogen-bond acceptors (Lipinski definition) is 6. The highest BCUT2D eigenvalue weighted by Gasteiger charge is 2.19. The van der Waals surface area contributed by atoms with Gasteiger partial charge in [0.1, 0.15) is 16.5 Å². The third-order valence-electron chi connectivity index (χ3n) is 4.82. The van der Waals surface area contributed by atoms with E-state index in [1.807, 2.05) is 0 Å². The summed E-state index contributed by atoms with van der Waals surface area (Å²) >= 11 is 1.31. The molecular weight excluding hydrogens is 419 g/mol. The molecule has 8 heteroatoms. The number of rotatable bonds is 13. The molecule has 0 saturated carbocycles. The van der Waals surface area contributed by atoms with E-state index in [0.717, 1.165) is 25.7 Å². The molecule has 1 aromatic carbocycles. The van der Waals surface area contributed by atoms with Gasteiger partial charge in [-0.3, -0.25) is 4.79 Å². The number of hydrogen-bond donors (Lipinski definition) is 0. The first kappa shape index (κ1) is 24.9. The quantitative estimate of drug-likeness (QED) is 0.299. The van der Waals surface area contributed by atoms with Crippen LogP contribution < -0.4 is 0 Å². The molecule has 0 fully saturated rings. The van der Waals surface area contributed by atoms with Crippen LogP contribution in [0.4, 0.5) is 4.39 Å². The number of carbonyl (C=O) groups is 2. The number of nitrogens with zero attached hydrogens (tertiary/aromatic N) is 2. The molecule has 0 aliphatic heterocycles. The maximum absolute atomic E-state index is 14.3. The minimum absolute atomic E-state index is 0.0943. The minimum atomic E-state index is -0.573. The number of aromatic nitrogens is 2. The van der Waals surface area contributed by atoms with Gasteiger partial charge in [0.2, 0.25) is 0 Å². The number of benzene rings is 1. The summed E-state index contributed by atoms with van der Waals surface area (Å²) in [7, 11) is 0. The van der Waals surface area contributed by atoms with Crippen LogP contribution in [0.1, 0.15) is 63.4 Å². The Kier molecular flexibility index (Phi) is 10.6. The largest absolute Gasteiger partial charge is 0.465 e. The predicted octanol–water partition coefficient (Wildman–Crippen LogP) is 5.43. The first-order valence-corrected chi connectivity index (χ1v) is 11.8. The first-order valence-electron chi connectivity index (χ1n) is 10.8. The Labute approximate surface area is 187 Å². The summed E-state index contributed by atoms with van der Waals surface area (Å²) in [5.74, 6) is -0.472. The van der Waals surface area contributed by atoms with Gasteiger partial charge in [-0.05, 0) is 31.4 Å². The van der Waals surface area contributed by atoms with Crippen LogP contribution >= 0.6 is 11.8 Å². The normalized spacial score (nSPS) is 11.9. The summed E-state index contributed by atoms with van der Waals surface area (Å²) in [6, 6.07) is 7.74. The SMILES string of the molecule is CCCCC(CC)COC(=O)CCSc1cc(C(=O)OCC)nn1-c1ccccc1F. The predicted molar refractivity (Wildman–Crippen MR) is 119 cm³/mol. The molecule has 0 N–H and O–H groups in total. The van der Waals surface area contributed by atoms with Crippen molar-refractivity contribution < 1.29 is 23.5 Å². The molecule has 6 nitrogen and oxygen atoms in total. The highest BCUT2D eigenvalue weighted by Crippen LogP contribution is 2.26. The molecule has 0 amide bonds. The number of carbonyl (C=O) groups excluding carboxylic acids is 2. The zero-order valence-electron chi connectivity index (χ0n) is 18.4. The molecule has 2 aromatic rings. The number of halogens is 1. The van der Waals surface area contributed by atoms with Crippen LogP contribution in [-0.4, -0.2) is 40.7 Å². The van der Waals surface area contributed by atoms with Crippen molar-refractivity contribution in [3.63, 3.8) is 0 Å². The van der Waals surface area contributed by atoms with Crippen molar-refractivity contribution in [1.82, 2.24) is 9.78 Å². The molecule has 0 aliphatic rings. The van der Waals surface area contributed by atoms with Crippen molar-refractivity contribution in [3.8, 4) is 5.69 Å². The first-order chi connectivity index (χ1) is 15.0. The number of thioether (sulfide) groups is 1. The summed E-state index contributed by atoms with van der Waals surface area (Å²) in [6.45, 7) is 6.62. The molecule has 2 rings (SSSR count). The fourth-order valence-corrected chi connectivity index (χ4v) is 3.92. The smallest absolute Gasteiger partial charge is 0.358 e. The lowest BCUT2D eigenvalue weighted by atomic mass is 10.0. The van der Waals surface area contributed by atoms with Crippen LogP contribution in [0.15, 0.2) is 35.4 Å². The molecule has 1 unspecified atom stereocenters. The van der Waals surface area contributed by atoms with Gasteiger partial charge in [0.15, 0.2) is 5.69 Å². The summed E-state index contributed by atoms with van der Waals surface area (Å²) in [5, 5.41) is 4.77. The molecule has 0 radical (unpaired) electrons. The molecule has 0 saturated heterocycles. The van der Waals surface area contributed by atoms with Gasteiger partial charge in [0.05, 0.1) is 19.6 Å². The average Bonchev–Trinajstić information content (AvgIpc) is 3.18. The number of esters is 2. The van der Waals surface area contributed by atoms with E-state index in [1.54, 1.807) is 31.2 Å². The molecule has 1 atom stereocenters. The molecule has 0 bridgehead atoms. The van der Waals surface area contributed by atoms with Gasteiger partial charge in [-0.15, -0.1) is 11.8 Å². The second kappa shape index (κ2) is 13.1. The van der Waals surface area contributed by atoms with Crippen LogP contribution in [0.5, 0.6) is 0 Å². The lowest BCUT2D eigenvalue weighted by Gasteiger charge is -2.14. The van der Waals surface area contributed by atoms with E-state index in [4.69, 9.17) is 9.47 Å². The Bertz CT molecular complexity index is 856. The Balaban J connectivity index is 2.01. The maximum atomic E-state index is 14.3. The van der Waals surface area contributed by atoms with Crippen molar-refractivity contribution in [2.24, 2.45) is 5.92 Å². The van der Waals surface area contributed by atoms with Gasteiger partial charge in [-0.1, -0.05) is 45.2 Å². The second-order valence-corrected chi connectivity index (χ2v) is 8.26. The summed E-state index contributed by atoms with van der Waals surface area (Å²) in [5.41, 5.74) is 0.321. The van der Waals surface area contributed by atoms with Gasteiger partial charge in [0.25, 0.3) is 0 Å². The van der Waals surface area contributed by atoms with Gasteiger partial charge < -0.3 is 9.47 Å². The number of para-hydroxylation sites is 1. The van der Waals surface area contributed by atoms with Gasteiger partial charge in [-0.2, -0.15) is 5.10 Å². The van der Waals surface area contributed by atoms with Crippen molar-refractivity contribution in [1.29, 1.82) is 0 Å². The van der Waals surface area contributed by atoms with Gasteiger partial charge in [0, 0.05) is 11.8 Å². The minimum Gasteiger partial charge on any atom is -0.465 e. The fourth-order valence-electron chi connectivity index (χ4n) is 2.99. The second-order valence-electron chi connectivity index (χ2n) is 7.15. The Morgan fingerprint density at radius 1 is 1.19 bits per heavy atom. The Hall–Kier alpha value is -2.35. The van der Waals surface area contributed by atoms with E-state index in [-0.39, 0.29) is 30.4 Å². The average molecular weight is 451 g/mol. The monoisotopic (exact) mass is 450 g/mol. The highest BCUT2D eigenvalue weighted by atomic mass is 32.2. The van der Waals surface area contributed by atoms with Crippen molar-refractivity contribution in [2.45, 2.75) is 57.9 Å². The summed E-state index contributed by atoms with van der Waals surface area (Å²) < 4.78 is 26.1. The van der Waals surface area contributed by atoms with Gasteiger partial charge in [-0.25, -0.2) is 13.9 Å². The zero-order valence-corrected chi connectivity index (χ0v) is 19.3. The molecule has 0 aliphatic carbocycles. The van der Waals surface area contributed by atoms with E-state index >= 15 is 0 Å². The van der Waals surface area contributed by atoms with Crippen LogP contribution in [0.3, 0.4) is 0 Å². The molecule has 1 aromatic heterocycles. The molecular formula is C23H31FN2O4S. The van der Waals surface area contributed by atoms with Crippen LogP contribution in [0.25, 0.3) is 5.69 Å². The maximum Gasteiger partial charge on any atom is 0.358 e. The van der Waals surface area contributed by atoms with Crippen LogP contribution in [0, 0.1) is 11.7 Å². The molecule has 31 heavy (non-hydrogen) atoms. The lowest BCUT2D eigenvalue weighted by Crippen LogP contribution is -2.14. The molecule has 170 valence electrons. The lowest BCUT2D eigenvalue weighted by molar-refractivity contribution is -0.144. The highest BCUT2D eigenvalue weighted by molar-refractivity contribution is 7.99. The van der Waals surface area contributed by atoms with Crippen molar-refractivity contribution in [2.75, 3.05) is 19.0 Å². The third-order valence-corrected chi connectivity index (χ3v) is 5.82. The Morgan fingerprint density at radius 3 is 2.65 bits per heavy atom. The fraction of sp³-hybridized carbons (Fsp3) is 0.522. The van der Waals surface area contributed by atoms with Crippen LogP contribution in [0.2, 0.25) is 0 Å². The molecule has 1 heterocycles. The van der Waals surface area contributed by atoms with E-state index in [1.165, 1.54) is 22.5 Å². The Morgan fingerprint density at radius 2 is 1.97 bits per heavy atom. The van der Waals surface area contributed by atoms with Crippen molar-refractivity contribution >= 4 is 23.7 Å². The standard InChI is InChI=1S/C23H31FN2O4S/c1-4-7-10-17(5-2)16-30-22(27)13-14-31-21-15-19(23(28)29-6-3)25-26(21)20-12-9-8-11-18(20)24/h8-9,11-12,15,17H,4-7,10,13-14,16H2,1-3H3. The van der Waals surface area contributed by atoms with Crippen LogP contribution in [-0.2, 0) is 14.3 Å².